The molecule has 0 bridgehead atoms. The molecule has 2 rings (SSSR count). The van der Waals surface area contributed by atoms with Crippen molar-refractivity contribution in [3.8, 4) is 11.3 Å². The van der Waals surface area contributed by atoms with Crippen molar-refractivity contribution >= 4 is 5.69 Å². The predicted octanol–water partition coefficient (Wildman–Crippen LogP) is 3.69. The quantitative estimate of drug-likeness (QED) is 0.410. The Morgan fingerprint density at radius 2 is 2.07 bits per heavy atom. The molecule has 2 aromatic rings. The smallest absolute Gasteiger partial charge is 0.0702 e. The molecule has 0 N–H and O–H groups in total. The minimum absolute atomic E-state index is 0.598. The van der Waals surface area contributed by atoms with Gasteiger partial charge in [-0.15, -0.1) is 0 Å². The first-order chi connectivity index (χ1) is 7.40. The first kappa shape index (κ1) is 9.24. The molecule has 0 unspecified atom stereocenters. The van der Waals surface area contributed by atoms with Gasteiger partial charge in [-0.3, -0.25) is 4.98 Å². The first-order valence-electron chi connectivity index (χ1n) is 4.47. The van der Waals surface area contributed by atoms with Crippen molar-refractivity contribution < 1.29 is 0 Å². The van der Waals surface area contributed by atoms with Crippen LogP contribution in [0.4, 0.5) is 5.69 Å². The van der Waals surface area contributed by atoms with Crippen LogP contribution in [0.5, 0.6) is 0 Å². The van der Waals surface area contributed by atoms with Crippen molar-refractivity contribution in [1.82, 2.24) is 4.98 Å². The van der Waals surface area contributed by atoms with Crippen LogP contribution in [0.25, 0.3) is 21.7 Å². The fourth-order valence-corrected chi connectivity index (χ4v) is 1.31. The summed E-state index contributed by atoms with van der Waals surface area (Å²) in [5.74, 6) is 0. The van der Waals surface area contributed by atoms with E-state index in [1.54, 1.807) is 12.3 Å². The van der Waals surface area contributed by atoms with E-state index < -0.39 is 0 Å². The van der Waals surface area contributed by atoms with Gasteiger partial charge < -0.3 is 0 Å². The molecule has 0 aliphatic rings. The lowest BCUT2D eigenvalue weighted by molar-refractivity contribution is 1.32. The van der Waals surface area contributed by atoms with Crippen LogP contribution in [0.1, 0.15) is 0 Å². The molecule has 72 valence electrons. The second-order valence-electron chi connectivity index (χ2n) is 2.95. The summed E-state index contributed by atoms with van der Waals surface area (Å²) in [7, 11) is 0. The van der Waals surface area contributed by atoms with E-state index in [9.17, 15) is 0 Å². The second-order valence-corrected chi connectivity index (χ2v) is 2.95. The maximum absolute atomic E-state index is 8.32. The van der Waals surface area contributed by atoms with Gasteiger partial charge in [0.05, 0.1) is 5.69 Å². The van der Waals surface area contributed by atoms with Gasteiger partial charge in [0, 0.05) is 22.4 Å². The number of azide groups is 1. The maximum Gasteiger partial charge on any atom is 0.0702 e. The summed E-state index contributed by atoms with van der Waals surface area (Å²) < 4.78 is 0. The van der Waals surface area contributed by atoms with Crippen LogP contribution in [0.15, 0.2) is 53.8 Å². The van der Waals surface area contributed by atoms with Gasteiger partial charge in [-0.05, 0) is 23.7 Å². The molecular weight excluding hydrogens is 188 g/mol. The molecule has 0 amide bonds. The average Bonchev–Trinajstić information content (AvgIpc) is 2.31. The highest BCUT2D eigenvalue weighted by Gasteiger charge is 1.97. The molecule has 0 saturated carbocycles. The Morgan fingerprint density at radius 1 is 1.13 bits per heavy atom. The van der Waals surface area contributed by atoms with E-state index in [0.29, 0.717) is 5.69 Å². The number of rotatable bonds is 2. The minimum atomic E-state index is 0.598. The summed E-state index contributed by atoms with van der Waals surface area (Å²) in [5.41, 5.74) is 10.7. The Hall–Kier alpha value is -2.32. The van der Waals surface area contributed by atoms with Crippen molar-refractivity contribution in [2.24, 2.45) is 5.11 Å². The number of nitrogens with zero attached hydrogens (tertiary/aromatic N) is 4. The van der Waals surface area contributed by atoms with Gasteiger partial charge in [0.1, 0.15) is 0 Å². The number of benzene rings is 1. The molecule has 0 spiro atoms. The lowest BCUT2D eigenvalue weighted by Crippen LogP contribution is -1.80. The van der Waals surface area contributed by atoms with Crippen LogP contribution >= 0.6 is 0 Å². The van der Waals surface area contributed by atoms with Crippen LogP contribution in [0.3, 0.4) is 0 Å². The molecular formula is C11H8N4. The van der Waals surface area contributed by atoms with Crippen LogP contribution < -0.4 is 0 Å². The fourth-order valence-electron chi connectivity index (χ4n) is 1.31. The topological polar surface area (TPSA) is 61.7 Å². The second kappa shape index (κ2) is 4.26. The molecule has 0 aliphatic carbocycles. The van der Waals surface area contributed by atoms with Crippen molar-refractivity contribution in [1.29, 1.82) is 0 Å². The van der Waals surface area contributed by atoms with Crippen molar-refractivity contribution in [2.45, 2.75) is 0 Å². The zero-order chi connectivity index (χ0) is 10.5. The van der Waals surface area contributed by atoms with Crippen LogP contribution in [-0.2, 0) is 0 Å². The van der Waals surface area contributed by atoms with E-state index in [1.807, 2.05) is 36.4 Å². The van der Waals surface area contributed by atoms with Crippen molar-refractivity contribution in [3.05, 3.63) is 59.1 Å². The van der Waals surface area contributed by atoms with E-state index in [4.69, 9.17) is 5.53 Å². The third-order valence-electron chi connectivity index (χ3n) is 1.97. The third kappa shape index (κ3) is 2.13. The molecule has 0 fully saturated rings. The van der Waals surface area contributed by atoms with Gasteiger partial charge in [0.25, 0.3) is 0 Å². The van der Waals surface area contributed by atoms with Crippen LogP contribution in [-0.4, -0.2) is 4.98 Å². The molecule has 4 nitrogen and oxygen atoms in total. The Labute approximate surface area is 86.8 Å². The summed E-state index contributed by atoms with van der Waals surface area (Å²) in [6.45, 7) is 0. The lowest BCUT2D eigenvalue weighted by atomic mass is 10.1. The van der Waals surface area contributed by atoms with E-state index in [0.717, 1.165) is 11.3 Å². The van der Waals surface area contributed by atoms with Gasteiger partial charge in [-0.25, -0.2) is 0 Å². The molecule has 1 heterocycles. The Balaban J connectivity index is 2.46. The standard InChI is InChI=1S/C11H8N4/c12-15-14-10-5-3-4-9(8-10)11-6-1-2-7-13-11/h1-8H. The molecule has 1 aromatic carbocycles. The van der Waals surface area contributed by atoms with Crippen LogP contribution in [0.2, 0.25) is 0 Å². The van der Waals surface area contributed by atoms with E-state index in [2.05, 4.69) is 15.0 Å². The molecule has 0 radical (unpaired) electrons. The molecule has 0 aliphatic heterocycles. The highest BCUT2D eigenvalue weighted by Crippen LogP contribution is 2.22. The normalized spacial score (nSPS) is 9.33. The van der Waals surface area contributed by atoms with Gasteiger partial charge >= 0.3 is 0 Å². The molecule has 0 atom stereocenters. The Kier molecular flexibility index (Phi) is 2.63. The van der Waals surface area contributed by atoms with Gasteiger partial charge in [-0.2, -0.15) is 0 Å². The maximum atomic E-state index is 8.32. The monoisotopic (exact) mass is 196 g/mol. The van der Waals surface area contributed by atoms with Gasteiger partial charge in [0.15, 0.2) is 0 Å². The predicted molar refractivity (Wildman–Crippen MR) is 58.5 cm³/mol. The van der Waals surface area contributed by atoms with E-state index in [-0.39, 0.29) is 0 Å². The summed E-state index contributed by atoms with van der Waals surface area (Å²) >= 11 is 0. The molecule has 4 heteroatoms. The lowest BCUT2D eigenvalue weighted by Gasteiger charge is -2.00. The third-order valence-corrected chi connectivity index (χ3v) is 1.97. The zero-order valence-electron chi connectivity index (χ0n) is 7.91. The molecule has 0 saturated heterocycles. The summed E-state index contributed by atoms with van der Waals surface area (Å²) in [4.78, 5) is 6.96. The Bertz CT molecular complexity index is 501. The zero-order valence-corrected chi connectivity index (χ0v) is 7.91. The SMILES string of the molecule is [N-]=[N+]=Nc1cccc(-c2ccccn2)c1. The van der Waals surface area contributed by atoms with Crippen molar-refractivity contribution in [2.75, 3.05) is 0 Å². The molecule has 15 heavy (non-hydrogen) atoms. The molecule has 1 aromatic heterocycles. The Morgan fingerprint density at radius 3 is 2.80 bits per heavy atom. The summed E-state index contributed by atoms with van der Waals surface area (Å²) in [6.07, 6.45) is 1.73. The number of pyridine rings is 1. The van der Waals surface area contributed by atoms with Crippen molar-refractivity contribution in [3.63, 3.8) is 0 Å². The fraction of sp³-hybridized carbons (Fsp3) is 0. The van der Waals surface area contributed by atoms with Gasteiger partial charge in [-0.1, -0.05) is 29.4 Å². The highest BCUT2D eigenvalue weighted by atomic mass is 15.1. The largest absolute Gasteiger partial charge is 0.256 e. The average molecular weight is 196 g/mol. The minimum Gasteiger partial charge on any atom is -0.256 e. The highest BCUT2D eigenvalue weighted by molar-refractivity contribution is 5.63. The number of hydrogen-bond acceptors (Lipinski definition) is 2. The van der Waals surface area contributed by atoms with E-state index >= 15 is 0 Å². The number of hydrogen-bond donors (Lipinski definition) is 0. The van der Waals surface area contributed by atoms with E-state index in [1.165, 1.54) is 0 Å². The first-order valence-corrected chi connectivity index (χ1v) is 4.47. The van der Waals surface area contributed by atoms with Crippen LogP contribution in [0, 0.1) is 0 Å². The summed E-state index contributed by atoms with van der Waals surface area (Å²) in [5, 5.41) is 3.55. The van der Waals surface area contributed by atoms with Gasteiger partial charge in [0.2, 0.25) is 0 Å². The number of aromatic nitrogens is 1. The summed E-state index contributed by atoms with van der Waals surface area (Å²) in [6, 6.07) is 13.0.